The molecule has 0 atom stereocenters. The summed E-state index contributed by atoms with van der Waals surface area (Å²) in [7, 11) is 0. The maximum atomic E-state index is 12.0. The standard InChI is InChI=1S/C17H23N5O2/c1-2-19-17(24)22-10-8-21(9-11-22)7-6-16(23)20-15-5-3-4-14(12-15)13-18/h3-5,12H,2,6-11H2,1H3,(H,19,24)(H,20,23). The van der Waals surface area contributed by atoms with Gasteiger partial charge in [-0.3, -0.25) is 9.69 Å². The average Bonchev–Trinajstić information content (AvgIpc) is 2.61. The molecule has 24 heavy (non-hydrogen) atoms. The van der Waals surface area contributed by atoms with Gasteiger partial charge in [0.2, 0.25) is 5.91 Å². The SMILES string of the molecule is CCNC(=O)N1CCN(CCC(=O)Nc2cccc(C#N)c2)CC1. The number of hydrogen-bond acceptors (Lipinski definition) is 4. The van der Waals surface area contributed by atoms with Crippen molar-refractivity contribution in [3.63, 3.8) is 0 Å². The minimum atomic E-state index is -0.0729. The number of urea groups is 1. The van der Waals surface area contributed by atoms with Gasteiger partial charge >= 0.3 is 6.03 Å². The third kappa shape index (κ3) is 5.25. The molecule has 1 fully saturated rings. The zero-order valence-electron chi connectivity index (χ0n) is 13.9. The lowest BCUT2D eigenvalue weighted by Gasteiger charge is -2.34. The lowest BCUT2D eigenvalue weighted by atomic mass is 10.2. The van der Waals surface area contributed by atoms with Gasteiger partial charge in [0, 0.05) is 51.4 Å². The second-order valence-electron chi connectivity index (χ2n) is 5.65. The van der Waals surface area contributed by atoms with E-state index in [1.807, 2.05) is 13.0 Å². The Morgan fingerprint density at radius 1 is 1.25 bits per heavy atom. The highest BCUT2D eigenvalue weighted by atomic mass is 16.2. The Balaban J connectivity index is 1.71. The van der Waals surface area contributed by atoms with Crippen LogP contribution in [0.15, 0.2) is 24.3 Å². The molecule has 1 aromatic carbocycles. The van der Waals surface area contributed by atoms with Gasteiger partial charge in [0.25, 0.3) is 0 Å². The van der Waals surface area contributed by atoms with Gasteiger partial charge in [0.05, 0.1) is 11.6 Å². The average molecular weight is 329 g/mol. The molecule has 1 aliphatic heterocycles. The predicted molar refractivity (Wildman–Crippen MR) is 91.5 cm³/mol. The number of nitrogens with one attached hydrogen (secondary N) is 2. The summed E-state index contributed by atoms with van der Waals surface area (Å²) in [6.07, 6.45) is 0.387. The van der Waals surface area contributed by atoms with Crippen LogP contribution < -0.4 is 10.6 Å². The van der Waals surface area contributed by atoms with Gasteiger partial charge in [0.1, 0.15) is 0 Å². The smallest absolute Gasteiger partial charge is 0.317 e. The topological polar surface area (TPSA) is 88.5 Å². The van der Waals surface area contributed by atoms with Crippen molar-refractivity contribution in [2.75, 3.05) is 44.6 Å². The van der Waals surface area contributed by atoms with Crippen LogP contribution in [-0.4, -0.2) is 61.0 Å². The van der Waals surface area contributed by atoms with Crippen LogP contribution in [0.3, 0.4) is 0 Å². The zero-order valence-corrected chi connectivity index (χ0v) is 13.9. The van der Waals surface area contributed by atoms with E-state index in [1.54, 1.807) is 29.2 Å². The largest absolute Gasteiger partial charge is 0.338 e. The molecule has 3 amide bonds. The number of benzene rings is 1. The Kier molecular flexibility index (Phi) is 6.58. The highest BCUT2D eigenvalue weighted by molar-refractivity contribution is 5.91. The van der Waals surface area contributed by atoms with Crippen LogP contribution in [-0.2, 0) is 4.79 Å². The molecule has 7 nitrogen and oxygen atoms in total. The molecule has 128 valence electrons. The first-order valence-electron chi connectivity index (χ1n) is 8.17. The molecule has 7 heteroatoms. The summed E-state index contributed by atoms with van der Waals surface area (Å²) in [6, 6.07) is 8.90. The number of carbonyl (C=O) groups excluding carboxylic acids is 2. The fraction of sp³-hybridized carbons (Fsp3) is 0.471. The van der Waals surface area contributed by atoms with Crippen LogP contribution in [0, 0.1) is 11.3 Å². The van der Waals surface area contributed by atoms with E-state index in [-0.39, 0.29) is 11.9 Å². The van der Waals surface area contributed by atoms with Crippen molar-refractivity contribution < 1.29 is 9.59 Å². The van der Waals surface area contributed by atoms with E-state index < -0.39 is 0 Å². The van der Waals surface area contributed by atoms with Gasteiger partial charge in [0.15, 0.2) is 0 Å². The van der Waals surface area contributed by atoms with E-state index in [1.165, 1.54) is 0 Å². The maximum absolute atomic E-state index is 12.0. The van der Waals surface area contributed by atoms with E-state index in [4.69, 9.17) is 5.26 Å². The predicted octanol–water partition coefficient (Wildman–Crippen LogP) is 1.23. The summed E-state index contributed by atoms with van der Waals surface area (Å²) in [5.41, 5.74) is 1.16. The molecule has 2 rings (SSSR count). The first kappa shape index (κ1) is 17.8. The van der Waals surface area contributed by atoms with E-state index in [9.17, 15) is 9.59 Å². The minimum Gasteiger partial charge on any atom is -0.338 e. The number of nitriles is 1. The molecule has 0 aliphatic carbocycles. The Hall–Kier alpha value is -2.59. The number of piperazine rings is 1. The molecule has 1 saturated heterocycles. The van der Waals surface area contributed by atoms with Crippen molar-refractivity contribution in [3.05, 3.63) is 29.8 Å². The molecule has 1 aromatic rings. The van der Waals surface area contributed by atoms with Crippen molar-refractivity contribution in [2.45, 2.75) is 13.3 Å². The van der Waals surface area contributed by atoms with E-state index in [0.717, 1.165) is 13.1 Å². The monoisotopic (exact) mass is 329 g/mol. The highest BCUT2D eigenvalue weighted by Crippen LogP contribution is 2.10. The fourth-order valence-corrected chi connectivity index (χ4v) is 2.59. The lowest BCUT2D eigenvalue weighted by molar-refractivity contribution is -0.116. The van der Waals surface area contributed by atoms with Crippen molar-refractivity contribution >= 4 is 17.6 Å². The molecule has 0 spiro atoms. The number of anilines is 1. The molecule has 0 bridgehead atoms. The van der Waals surface area contributed by atoms with Crippen LogP contribution in [0.2, 0.25) is 0 Å². The first-order valence-corrected chi connectivity index (χ1v) is 8.17. The van der Waals surface area contributed by atoms with Crippen LogP contribution in [0.5, 0.6) is 0 Å². The Labute approximate surface area is 142 Å². The molecular formula is C17H23N5O2. The maximum Gasteiger partial charge on any atom is 0.317 e. The number of nitrogens with zero attached hydrogens (tertiary/aromatic N) is 3. The molecule has 2 N–H and O–H groups in total. The van der Waals surface area contributed by atoms with Gasteiger partial charge < -0.3 is 15.5 Å². The Morgan fingerprint density at radius 3 is 2.67 bits per heavy atom. The number of rotatable bonds is 5. The van der Waals surface area contributed by atoms with Crippen LogP contribution in [0.4, 0.5) is 10.5 Å². The Bertz CT molecular complexity index is 618. The quantitative estimate of drug-likeness (QED) is 0.850. The zero-order chi connectivity index (χ0) is 17.4. The van der Waals surface area contributed by atoms with Crippen LogP contribution >= 0.6 is 0 Å². The molecule has 0 unspecified atom stereocenters. The third-order valence-electron chi connectivity index (χ3n) is 3.92. The lowest BCUT2D eigenvalue weighted by Crippen LogP contribution is -2.52. The van der Waals surface area contributed by atoms with E-state index >= 15 is 0 Å². The first-order chi connectivity index (χ1) is 11.6. The van der Waals surface area contributed by atoms with Gasteiger partial charge in [-0.2, -0.15) is 5.26 Å². The molecule has 0 radical (unpaired) electrons. The van der Waals surface area contributed by atoms with Gasteiger partial charge in [-0.15, -0.1) is 0 Å². The second-order valence-corrected chi connectivity index (χ2v) is 5.65. The summed E-state index contributed by atoms with van der Waals surface area (Å²) >= 11 is 0. The third-order valence-corrected chi connectivity index (χ3v) is 3.92. The van der Waals surface area contributed by atoms with Crippen LogP contribution in [0.1, 0.15) is 18.9 Å². The highest BCUT2D eigenvalue weighted by Gasteiger charge is 2.20. The van der Waals surface area contributed by atoms with Gasteiger partial charge in [-0.05, 0) is 25.1 Å². The minimum absolute atomic E-state index is 0.0210. The normalized spacial score (nSPS) is 14.8. The molecule has 1 aliphatic rings. The summed E-state index contributed by atoms with van der Waals surface area (Å²) < 4.78 is 0. The van der Waals surface area contributed by atoms with Gasteiger partial charge in [-0.25, -0.2) is 4.79 Å². The van der Waals surface area contributed by atoms with Crippen LogP contribution in [0.25, 0.3) is 0 Å². The number of carbonyl (C=O) groups is 2. The molecule has 0 saturated carbocycles. The van der Waals surface area contributed by atoms with E-state index in [0.29, 0.717) is 43.9 Å². The van der Waals surface area contributed by atoms with Gasteiger partial charge in [-0.1, -0.05) is 6.07 Å². The van der Waals surface area contributed by atoms with Crippen molar-refractivity contribution in [1.29, 1.82) is 5.26 Å². The molecular weight excluding hydrogens is 306 g/mol. The summed E-state index contributed by atoms with van der Waals surface area (Å²) in [4.78, 5) is 27.7. The van der Waals surface area contributed by atoms with Crippen molar-refractivity contribution in [1.82, 2.24) is 15.1 Å². The number of amides is 3. The number of hydrogen-bond donors (Lipinski definition) is 2. The molecule has 1 heterocycles. The fourth-order valence-electron chi connectivity index (χ4n) is 2.59. The van der Waals surface area contributed by atoms with Crippen molar-refractivity contribution in [2.24, 2.45) is 0 Å². The van der Waals surface area contributed by atoms with E-state index in [2.05, 4.69) is 15.5 Å². The Morgan fingerprint density at radius 2 is 2.00 bits per heavy atom. The second kappa shape index (κ2) is 8.89. The van der Waals surface area contributed by atoms with Crippen molar-refractivity contribution in [3.8, 4) is 6.07 Å². The summed E-state index contributed by atoms with van der Waals surface area (Å²) in [5.74, 6) is -0.0729. The summed E-state index contributed by atoms with van der Waals surface area (Å²) in [6.45, 7) is 6.09. The summed E-state index contributed by atoms with van der Waals surface area (Å²) in [5, 5.41) is 14.5. The molecule has 0 aromatic heterocycles.